The van der Waals surface area contributed by atoms with E-state index in [4.69, 9.17) is 5.84 Å². The van der Waals surface area contributed by atoms with Crippen LogP contribution in [0.1, 0.15) is 5.56 Å². The van der Waals surface area contributed by atoms with Crippen molar-refractivity contribution in [2.45, 2.75) is 6.92 Å². The normalized spacial score (nSPS) is 10.5. The number of halogens is 1. The number of aryl methyl sites for hydroxylation is 1. The Bertz CT molecular complexity index is 482. The fourth-order valence-corrected chi connectivity index (χ4v) is 1.51. The minimum Gasteiger partial charge on any atom is -0.323 e. The number of rotatable bonds is 1. The van der Waals surface area contributed by atoms with Gasteiger partial charge in [0.15, 0.2) is 0 Å². The number of nitrogens with two attached hydrogens (primary N) is 1. The van der Waals surface area contributed by atoms with Crippen molar-refractivity contribution >= 4 is 16.6 Å². The van der Waals surface area contributed by atoms with Gasteiger partial charge in [0.05, 0.1) is 11.2 Å². The number of benzene rings is 1. The van der Waals surface area contributed by atoms with Crippen LogP contribution in [0.15, 0.2) is 24.4 Å². The number of hydrogen-bond acceptors (Lipinski definition) is 3. The fraction of sp³-hybridized carbons (Fsp3) is 0.100. The topological polar surface area (TPSA) is 50.9 Å². The number of pyridine rings is 1. The van der Waals surface area contributed by atoms with Crippen LogP contribution >= 0.6 is 0 Å². The van der Waals surface area contributed by atoms with Crippen molar-refractivity contribution in [1.29, 1.82) is 0 Å². The number of aromatic nitrogens is 1. The van der Waals surface area contributed by atoms with Gasteiger partial charge in [-0.15, -0.1) is 0 Å². The van der Waals surface area contributed by atoms with Gasteiger partial charge in [-0.3, -0.25) is 10.8 Å². The Labute approximate surface area is 80.7 Å². The molecule has 0 saturated heterocycles. The number of nitrogens with one attached hydrogen (secondary N) is 1. The average Bonchev–Trinajstić information content (AvgIpc) is 2.17. The highest BCUT2D eigenvalue weighted by Crippen LogP contribution is 2.24. The third-order valence-electron chi connectivity index (χ3n) is 2.16. The minimum absolute atomic E-state index is 0.278. The number of hydrazine groups is 1. The van der Waals surface area contributed by atoms with Crippen LogP contribution in [0.2, 0.25) is 0 Å². The maximum absolute atomic E-state index is 13.1. The highest BCUT2D eigenvalue weighted by atomic mass is 19.1. The summed E-state index contributed by atoms with van der Waals surface area (Å²) in [7, 11) is 0. The molecule has 2 aromatic rings. The van der Waals surface area contributed by atoms with Crippen LogP contribution < -0.4 is 11.3 Å². The molecule has 0 unspecified atom stereocenters. The number of hydrogen-bond donors (Lipinski definition) is 2. The molecule has 0 fully saturated rings. The summed E-state index contributed by atoms with van der Waals surface area (Å²) in [4.78, 5) is 4.17. The highest BCUT2D eigenvalue weighted by Gasteiger charge is 2.05. The fourth-order valence-electron chi connectivity index (χ4n) is 1.51. The first-order chi connectivity index (χ1) is 6.72. The van der Waals surface area contributed by atoms with Gasteiger partial charge in [-0.1, -0.05) is 0 Å². The Morgan fingerprint density at radius 2 is 2.21 bits per heavy atom. The smallest absolute Gasteiger partial charge is 0.124 e. The second-order valence-corrected chi connectivity index (χ2v) is 3.12. The summed E-state index contributed by atoms with van der Waals surface area (Å²) >= 11 is 0. The first kappa shape index (κ1) is 8.90. The standard InChI is InChI=1S/C10H10FN3/c1-6-4-7(11)5-8-9(14-12)2-3-13-10(6)8/h2-5H,12H2,1H3,(H,13,14). The predicted molar refractivity (Wildman–Crippen MR) is 54.2 cm³/mol. The largest absolute Gasteiger partial charge is 0.323 e. The van der Waals surface area contributed by atoms with Crippen LogP contribution in [-0.2, 0) is 0 Å². The molecule has 1 aromatic heterocycles. The maximum atomic E-state index is 13.1. The SMILES string of the molecule is Cc1cc(F)cc2c(NN)ccnc12. The Balaban J connectivity index is 2.86. The van der Waals surface area contributed by atoms with Crippen molar-refractivity contribution in [2.75, 3.05) is 5.43 Å². The van der Waals surface area contributed by atoms with Crippen molar-refractivity contribution in [2.24, 2.45) is 5.84 Å². The molecule has 3 nitrogen and oxygen atoms in total. The molecule has 0 aliphatic carbocycles. The summed E-state index contributed by atoms with van der Waals surface area (Å²) in [5.41, 5.74) is 4.76. The number of nitrogen functional groups attached to an aromatic ring is 1. The summed E-state index contributed by atoms with van der Waals surface area (Å²) in [5.74, 6) is 5.04. The van der Waals surface area contributed by atoms with Crippen LogP contribution in [-0.4, -0.2) is 4.98 Å². The van der Waals surface area contributed by atoms with Crippen molar-refractivity contribution in [3.63, 3.8) is 0 Å². The second kappa shape index (κ2) is 3.23. The third-order valence-corrected chi connectivity index (χ3v) is 2.16. The molecule has 2 rings (SSSR count). The number of nitrogens with zero attached hydrogens (tertiary/aromatic N) is 1. The average molecular weight is 191 g/mol. The zero-order chi connectivity index (χ0) is 10.1. The molecule has 0 spiro atoms. The molecule has 14 heavy (non-hydrogen) atoms. The van der Waals surface area contributed by atoms with Gasteiger partial charge in [0.25, 0.3) is 0 Å². The van der Waals surface area contributed by atoms with E-state index in [0.717, 1.165) is 11.1 Å². The lowest BCUT2D eigenvalue weighted by Gasteiger charge is -2.06. The van der Waals surface area contributed by atoms with Crippen LogP contribution in [0.3, 0.4) is 0 Å². The van der Waals surface area contributed by atoms with Crippen LogP contribution in [0.5, 0.6) is 0 Å². The van der Waals surface area contributed by atoms with Crippen molar-refractivity contribution < 1.29 is 4.39 Å². The van der Waals surface area contributed by atoms with E-state index in [1.54, 1.807) is 12.3 Å². The predicted octanol–water partition coefficient (Wildman–Crippen LogP) is 1.97. The quantitative estimate of drug-likeness (QED) is 0.535. The lowest BCUT2D eigenvalue weighted by molar-refractivity contribution is 0.628. The van der Waals surface area contributed by atoms with Gasteiger partial charge in [0.1, 0.15) is 5.82 Å². The van der Waals surface area contributed by atoms with Gasteiger partial charge in [-0.05, 0) is 30.7 Å². The lowest BCUT2D eigenvalue weighted by atomic mass is 10.1. The molecule has 72 valence electrons. The van der Waals surface area contributed by atoms with Gasteiger partial charge in [-0.25, -0.2) is 4.39 Å². The minimum atomic E-state index is -0.278. The Morgan fingerprint density at radius 1 is 1.43 bits per heavy atom. The molecule has 3 N–H and O–H groups in total. The Morgan fingerprint density at radius 3 is 2.93 bits per heavy atom. The molecule has 0 aliphatic heterocycles. The first-order valence-electron chi connectivity index (χ1n) is 4.24. The molecule has 0 atom stereocenters. The van der Waals surface area contributed by atoms with Gasteiger partial charge < -0.3 is 5.43 Å². The molecule has 0 radical (unpaired) electrons. The molecular weight excluding hydrogens is 181 g/mol. The molecule has 1 aromatic carbocycles. The van der Waals surface area contributed by atoms with Gasteiger partial charge in [-0.2, -0.15) is 0 Å². The summed E-state index contributed by atoms with van der Waals surface area (Å²) in [5, 5.41) is 0.701. The summed E-state index contributed by atoms with van der Waals surface area (Å²) in [6.07, 6.45) is 1.64. The van der Waals surface area contributed by atoms with E-state index < -0.39 is 0 Å². The van der Waals surface area contributed by atoms with Crippen molar-refractivity contribution in [3.05, 3.63) is 35.8 Å². The summed E-state index contributed by atoms with van der Waals surface area (Å²) in [6.45, 7) is 1.82. The molecule has 1 heterocycles. The van der Waals surface area contributed by atoms with E-state index in [-0.39, 0.29) is 5.82 Å². The van der Waals surface area contributed by atoms with Crippen LogP contribution in [0.25, 0.3) is 10.9 Å². The van der Waals surface area contributed by atoms with Gasteiger partial charge in [0, 0.05) is 11.6 Å². The monoisotopic (exact) mass is 191 g/mol. The summed E-state index contributed by atoms with van der Waals surface area (Å²) < 4.78 is 13.1. The van der Waals surface area contributed by atoms with Crippen LogP contribution in [0, 0.1) is 12.7 Å². The maximum Gasteiger partial charge on any atom is 0.124 e. The van der Waals surface area contributed by atoms with Crippen molar-refractivity contribution in [3.8, 4) is 0 Å². The number of fused-ring (bicyclic) bond motifs is 1. The molecule has 0 aliphatic rings. The Hall–Kier alpha value is -1.68. The van der Waals surface area contributed by atoms with Gasteiger partial charge >= 0.3 is 0 Å². The molecule has 0 saturated carbocycles. The van der Waals surface area contributed by atoms with E-state index in [0.29, 0.717) is 11.1 Å². The third kappa shape index (κ3) is 1.29. The lowest BCUT2D eigenvalue weighted by Crippen LogP contribution is -2.07. The summed E-state index contributed by atoms with van der Waals surface area (Å²) in [6, 6.07) is 4.58. The van der Waals surface area contributed by atoms with Crippen molar-refractivity contribution in [1.82, 2.24) is 4.98 Å². The zero-order valence-electron chi connectivity index (χ0n) is 7.71. The second-order valence-electron chi connectivity index (χ2n) is 3.12. The molecule has 4 heteroatoms. The van der Waals surface area contributed by atoms with E-state index in [9.17, 15) is 4.39 Å². The molecule has 0 bridgehead atoms. The van der Waals surface area contributed by atoms with Crippen LogP contribution in [0.4, 0.5) is 10.1 Å². The highest BCUT2D eigenvalue weighted by molar-refractivity contribution is 5.92. The van der Waals surface area contributed by atoms with E-state index in [1.165, 1.54) is 12.1 Å². The number of anilines is 1. The molecule has 0 amide bonds. The first-order valence-corrected chi connectivity index (χ1v) is 4.24. The molecular formula is C10H10FN3. The van der Waals surface area contributed by atoms with E-state index in [1.807, 2.05) is 6.92 Å². The van der Waals surface area contributed by atoms with E-state index >= 15 is 0 Å². The van der Waals surface area contributed by atoms with Gasteiger partial charge in [0.2, 0.25) is 0 Å². The Kier molecular flexibility index (Phi) is 2.05. The van der Waals surface area contributed by atoms with E-state index in [2.05, 4.69) is 10.4 Å². The zero-order valence-corrected chi connectivity index (χ0v) is 7.71.